The molecule has 1 N–H and O–H groups in total. The van der Waals surface area contributed by atoms with Gasteiger partial charge in [-0.05, 0) is 41.1 Å². The molecule has 0 saturated heterocycles. The third-order valence-electron chi connectivity index (χ3n) is 1.95. The number of nitrogens with one attached hydrogen (secondary N) is 1. The number of benzene rings is 1. The summed E-state index contributed by atoms with van der Waals surface area (Å²) in [5.74, 6) is -0.179. The monoisotopic (exact) mass is 344 g/mol. The summed E-state index contributed by atoms with van der Waals surface area (Å²) < 4.78 is 1.63. The molecule has 0 aliphatic carbocycles. The molecule has 1 rings (SSSR count). The zero-order valence-corrected chi connectivity index (χ0v) is 11.8. The first kappa shape index (κ1) is 13.2. The minimum Gasteiger partial charge on any atom is -0.349 e. The molecule has 16 heavy (non-hydrogen) atoms. The molecule has 0 bridgehead atoms. The van der Waals surface area contributed by atoms with Crippen molar-refractivity contribution in [1.29, 1.82) is 5.26 Å². The van der Waals surface area contributed by atoms with Gasteiger partial charge in [-0.25, -0.2) is 0 Å². The van der Waals surface area contributed by atoms with Crippen LogP contribution in [0.3, 0.4) is 0 Å². The van der Waals surface area contributed by atoms with Crippen molar-refractivity contribution in [3.05, 3.63) is 32.7 Å². The maximum atomic E-state index is 11.8. The second-order valence-corrected chi connectivity index (χ2v) is 5.13. The standard InChI is InChI=1S/C11H10Br2N2O/c1-7(4-5-14)15-11(16)9-3-2-8(12)6-10(9)13/h2-3,6-7H,4H2,1H3,(H,15,16). The van der Waals surface area contributed by atoms with Gasteiger partial charge in [-0.3, -0.25) is 4.79 Å². The number of nitrogens with zero attached hydrogens (tertiary/aromatic N) is 1. The van der Waals surface area contributed by atoms with Gasteiger partial charge in [-0.2, -0.15) is 5.26 Å². The van der Waals surface area contributed by atoms with Crippen LogP contribution in [0.1, 0.15) is 23.7 Å². The van der Waals surface area contributed by atoms with Gasteiger partial charge >= 0.3 is 0 Å². The van der Waals surface area contributed by atoms with Gasteiger partial charge in [0.2, 0.25) is 0 Å². The van der Waals surface area contributed by atoms with Crippen LogP contribution in [0, 0.1) is 11.3 Å². The third-order valence-corrected chi connectivity index (χ3v) is 3.10. The lowest BCUT2D eigenvalue weighted by molar-refractivity contribution is 0.0940. The van der Waals surface area contributed by atoms with Crippen LogP contribution < -0.4 is 5.32 Å². The topological polar surface area (TPSA) is 52.9 Å². The van der Waals surface area contributed by atoms with Crippen molar-refractivity contribution in [2.24, 2.45) is 0 Å². The van der Waals surface area contributed by atoms with Gasteiger partial charge in [0.25, 0.3) is 5.91 Å². The predicted octanol–water partition coefficient (Wildman–Crippen LogP) is 3.24. The molecule has 1 unspecified atom stereocenters. The van der Waals surface area contributed by atoms with E-state index in [2.05, 4.69) is 37.2 Å². The molecule has 0 aliphatic rings. The van der Waals surface area contributed by atoms with Crippen molar-refractivity contribution in [3.63, 3.8) is 0 Å². The minimum absolute atomic E-state index is 0.145. The lowest BCUT2D eigenvalue weighted by Crippen LogP contribution is -2.32. The SMILES string of the molecule is CC(CC#N)NC(=O)c1ccc(Br)cc1Br. The number of carbonyl (C=O) groups excluding carboxylic acids is 1. The van der Waals surface area contributed by atoms with Crippen molar-refractivity contribution in [2.45, 2.75) is 19.4 Å². The summed E-state index contributed by atoms with van der Waals surface area (Å²) in [6.07, 6.45) is 0.305. The Bertz CT molecular complexity index is 440. The van der Waals surface area contributed by atoms with E-state index < -0.39 is 0 Å². The number of hydrogen-bond donors (Lipinski definition) is 1. The Kier molecular flexibility index (Phi) is 4.97. The van der Waals surface area contributed by atoms with Crippen LogP contribution in [-0.2, 0) is 0 Å². The summed E-state index contributed by atoms with van der Waals surface area (Å²) in [5.41, 5.74) is 0.563. The molecule has 3 nitrogen and oxygen atoms in total. The maximum absolute atomic E-state index is 11.8. The van der Waals surface area contributed by atoms with Crippen LogP contribution in [0.25, 0.3) is 0 Å². The van der Waals surface area contributed by atoms with Gasteiger partial charge in [-0.1, -0.05) is 15.9 Å². The Hall–Kier alpha value is -0.860. The summed E-state index contributed by atoms with van der Waals surface area (Å²) in [4.78, 5) is 11.8. The molecule has 84 valence electrons. The van der Waals surface area contributed by atoms with Crippen molar-refractivity contribution < 1.29 is 4.79 Å². The molecule has 1 aromatic carbocycles. The van der Waals surface area contributed by atoms with Gasteiger partial charge in [0.05, 0.1) is 18.1 Å². The quantitative estimate of drug-likeness (QED) is 0.914. The summed E-state index contributed by atoms with van der Waals surface area (Å²) in [6, 6.07) is 7.20. The fourth-order valence-electron chi connectivity index (χ4n) is 1.16. The van der Waals surface area contributed by atoms with Crippen LogP contribution in [-0.4, -0.2) is 11.9 Å². The molecule has 0 aromatic heterocycles. The fraction of sp³-hybridized carbons (Fsp3) is 0.273. The molecule has 1 atom stereocenters. The average Bonchev–Trinajstić information content (AvgIpc) is 2.17. The summed E-state index contributed by atoms with van der Waals surface area (Å²) >= 11 is 6.64. The zero-order chi connectivity index (χ0) is 12.1. The van der Waals surface area contributed by atoms with E-state index >= 15 is 0 Å². The lowest BCUT2D eigenvalue weighted by Gasteiger charge is -2.11. The Morgan fingerprint density at radius 3 is 2.81 bits per heavy atom. The van der Waals surface area contributed by atoms with Crippen molar-refractivity contribution >= 4 is 37.8 Å². The predicted molar refractivity (Wildman–Crippen MR) is 69.0 cm³/mol. The highest BCUT2D eigenvalue weighted by atomic mass is 79.9. The molecule has 0 fully saturated rings. The van der Waals surface area contributed by atoms with Gasteiger partial charge in [0.1, 0.15) is 0 Å². The fourth-order valence-corrected chi connectivity index (χ4v) is 2.39. The number of halogens is 2. The average molecular weight is 346 g/mol. The number of amides is 1. The third kappa shape index (κ3) is 3.62. The zero-order valence-electron chi connectivity index (χ0n) is 8.63. The Morgan fingerprint density at radius 1 is 1.56 bits per heavy atom. The van der Waals surface area contributed by atoms with Crippen LogP contribution in [0.2, 0.25) is 0 Å². The van der Waals surface area contributed by atoms with Crippen LogP contribution in [0.15, 0.2) is 27.1 Å². The Morgan fingerprint density at radius 2 is 2.25 bits per heavy atom. The molecule has 0 heterocycles. The molecule has 1 amide bonds. The van der Waals surface area contributed by atoms with Crippen LogP contribution >= 0.6 is 31.9 Å². The van der Waals surface area contributed by atoms with Crippen LogP contribution in [0.4, 0.5) is 0 Å². The molecule has 5 heteroatoms. The Labute approximate surface area is 111 Å². The summed E-state index contributed by atoms with van der Waals surface area (Å²) in [7, 11) is 0. The number of nitriles is 1. The van der Waals surface area contributed by atoms with Gasteiger partial charge in [0.15, 0.2) is 0 Å². The van der Waals surface area contributed by atoms with E-state index in [1.807, 2.05) is 12.1 Å². The molecule has 0 spiro atoms. The van der Waals surface area contributed by atoms with Crippen molar-refractivity contribution in [1.82, 2.24) is 5.32 Å². The first-order chi connectivity index (χ1) is 7.54. The van der Waals surface area contributed by atoms with E-state index in [9.17, 15) is 4.79 Å². The number of carbonyl (C=O) groups is 1. The molecule has 0 aliphatic heterocycles. The highest BCUT2D eigenvalue weighted by molar-refractivity contribution is 9.11. The van der Waals surface area contributed by atoms with Gasteiger partial charge in [0, 0.05) is 15.0 Å². The second-order valence-electron chi connectivity index (χ2n) is 3.36. The summed E-state index contributed by atoms with van der Waals surface area (Å²) in [5, 5.41) is 11.2. The highest BCUT2D eigenvalue weighted by Crippen LogP contribution is 2.21. The van der Waals surface area contributed by atoms with E-state index in [1.165, 1.54) is 0 Å². The molecule has 1 aromatic rings. The normalized spacial score (nSPS) is 11.6. The van der Waals surface area contributed by atoms with E-state index in [1.54, 1.807) is 19.1 Å². The summed E-state index contributed by atoms with van der Waals surface area (Å²) in [6.45, 7) is 1.80. The molecule has 0 saturated carbocycles. The number of rotatable bonds is 3. The first-order valence-electron chi connectivity index (χ1n) is 4.67. The maximum Gasteiger partial charge on any atom is 0.252 e. The molecule has 0 radical (unpaired) electrons. The highest BCUT2D eigenvalue weighted by Gasteiger charge is 2.12. The Balaban J connectivity index is 2.78. The first-order valence-corrected chi connectivity index (χ1v) is 6.26. The van der Waals surface area contributed by atoms with Crippen molar-refractivity contribution in [3.8, 4) is 6.07 Å². The van der Waals surface area contributed by atoms with E-state index in [0.717, 1.165) is 8.95 Å². The second kappa shape index (κ2) is 6.02. The van der Waals surface area contributed by atoms with E-state index in [4.69, 9.17) is 5.26 Å². The van der Waals surface area contributed by atoms with E-state index in [0.29, 0.717) is 12.0 Å². The lowest BCUT2D eigenvalue weighted by atomic mass is 10.2. The molecular formula is C11H10Br2N2O. The smallest absolute Gasteiger partial charge is 0.252 e. The van der Waals surface area contributed by atoms with E-state index in [-0.39, 0.29) is 11.9 Å². The van der Waals surface area contributed by atoms with Gasteiger partial charge in [-0.15, -0.1) is 0 Å². The minimum atomic E-state index is -0.179. The van der Waals surface area contributed by atoms with Gasteiger partial charge < -0.3 is 5.32 Å². The molecular weight excluding hydrogens is 336 g/mol. The van der Waals surface area contributed by atoms with Crippen LogP contribution in [0.5, 0.6) is 0 Å². The largest absolute Gasteiger partial charge is 0.349 e. The number of hydrogen-bond acceptors (Lipinski definition) is 2. The van der Waals surface area contributed by atoms with Crippen molar-refractivity contribution in [2.75, 3.05) is 0 Å².